The first-order valence-electron chi connectivity index (χ1n) is 9.20. The van der Waals surface area contributed by atoms with Crippen molar-refractivity contribution in [2.45, 2.75) is 32.5 Å². The molecule has 29 heavy (non-hydrogen) atoms. The number of carbonyl (C=O) groups is 1. The van der Waals surface area contributed by atoms with E-state index in [9.17, 15) is 22.8 Å². The van der Waals surface area contributed by atoms with Crippen molar-refractivity contribution in [3.05, 3.63) is 52.3 Å². The topological polar surface area (TPSA) is 77.3 Å². The molecule has 156 valence electrons. The summed E-state index contributed by atoms with van der Waals surface area (Å²) in [6.45, 7) is 2.86. The standard InChI is InChI=1S/C19H21F3N4O3/c1-13-9-17(27)26(12-23-13)10-18(28)25-7-5-14(6-8-25)11-29-16-4-2-3-15(24-16)19(20,21)22/h2-4,9,12,14H,5-8,10-11H2,1H3. The maximum atomic E-state index is 12.7. The lowest BCUT2D eigenvalue weighted by Gasteiger charge is -2.32. The van der Waals surface area contributed by atoms with Gasteiger partial charge in [-0.25, -0.2) is 9.97 Å². The first-order valence-corrected chi connectivity index (χ1v) is 9.20. The first-order chi connectivity index (χ1) is 13.7. The first kappa shape index (κ1) is 20.8. The number of hydrogen-bond donors (Lipinski definition) is 0. The van der Waals surface area contributed by atoms with E-state index in [0.29, 0.717) is 31.6 Å². The van der Waals surface area contributed by atoms with Crippen LogP contribution in [0.3, 0.4) is 0 Å². The minimum Gasteiger partial charge on any atom is -0.477 e. The Kier molecular flexibility index (Phi) is 6.19. The van der Waals surface area contributed by atoms with E-state index in [4.69, 9.17) is 4.74 Å². The lowest BCUT2D eigenvalue weighted by molar-refractivity contribution is -0.141. The number of ether oxygens (including phenoxy) is 1. The summed E-state index contributed by atoms with van der Waals surface area (Å²) in [5.41, 5.74) is -0.672. The second kappa shape index (κ2) is 8.62. The molecule has 1 saturated heterocycles. The molecule has 2 aromatic rings. The third-order valence-electron chi connectivity index (χ3n) is 4.77. The van der Waals surface area contributed by atoms with Crippen LogP contribution in [0.25, 0.3) is 0 Å². The SMILES string of the molecule is Cc1cc(=O)n(CC(=O)N2CCC(COc3cccc(C(F)(F)F)n3)CC2)cn1. The molecule has 10 heteroatoms. The number of alkyl halides is 3. The van der Waals surface area contributed by atoms with Gasteiger partial charge in [0.15, 0.2) is 0 Å². The van der Waals surface area contributed by atoms with Crippen LogP contribution in [0.5, 0.6) is 5.88 Å². The quantitative estimate of drug-likeness (QED) is 0.756. The third-order valence-corrected chi connectivity index (χ3v) is 4.77. The number of aryl methyl sites for hydroxylation is 1. The van der Waals surface area contributed by atoms with Crippen LogP contribution in [-0.4, -0.2) is 45.0 Å². The second-order valence-electron chi connectivity index (χ2n) is 6.99. The fourth-order valence-electron chi connectivity index (χ4n) is 3.09. The van der Waals surface area contributed by atoms with Gasteiger partial charge in [-0.3, -0.25) is 14.2 Å². The molecule has 7 nitrogen and oxygen atoms in total. The number of aromatic nitrogens is 3. The summed E-state index contributed by atoms with van der Waals surface area (Å²) in [5.74, 6) is -0.125. The van der Waals surface area contributed by atoms with Crippen LogP contribution in [0.15, 0.2) is 35.4 Å². The number of hydrogen-bond acceptors (Lipinski definition) is 5. The van der Waals surface area contributed by atoms with Crippen LogP contribution >= 0.6 is 0 Å². The van der Waals surface area contributed by atoms with E-state index < -0.39 is 11.9 Å². The van der Waals surface area contributed by atoms with Gasteiger partial charge in [0.1, 0.15) is 12.2 Å². The van der Waals surface area contributed by atoms with E-state index in [1.807, 2.05) is 0 Å². The molecule has 0 bridgehead atoms. The van der Waals surface area contributed by atoms with Crippen molar-refractivity contribution in [1.82, 2.24) is 19.4 Å². The Balaban J connectivity index is 1.48. The molecule has 2 aromatic heterocycles. The highest BCUT2D eigenvalue weighted by atomic mass is 19.4. The molecule has 0 aliphatic carbocycles. The van der Waals surface area contributed by atoms with Crippen molar-refractivity contribution < 1.29 is 22.7 Å². The normalized spacial score (nSPS) is 15.4. The molecule has 1 fully saturated rings. The summed E-state index contributed by atoms with van der Waals surface area (Å²) in [6, 6.07) is 4.92. The second-order valence-corrected chi connectivity index (χ2v) is 6.99. The third kappa shape index (κ3) is 5.55. The summed E-state index contributed by atoms with van der Waals surface area (Å²) >= 11 is 0. The van der Waals surface area contributed by atoms with Gasteiger partial charge in [0, 0.05) is 30.9 Å². The lowest BCUT2D eigenvalue weighted by atomic mass is 9.98. The Morgan fingerprint density at radius 3 is 2.66 bits per heavy atom. The predicted molar refractivity (Wildman–Crippen MR) is 97.3 cm³/mol. The van der Waals surface area contributed by atoms with Gasteiger partial charge in [-0.1, -0.05) is 6.07 Å². The fraction of sp³-hybridized carbons (Fsp3) is 0.474. The number of piperidine rings is 1. The van der Waals surface area contributed by atoms with Crippen molar-refractivity contribution in [1.29, 1.82) is 0 Å². The van der Waals surface area contributed by atoms with Gasteiger partial charge in [0.05, 0.1) is 12.9 Å². The zero-order valence-corrected chi connectivity index (χ0v) is 15.9. The van der Waals surface area contributed by atoms with Gasteiger partial charge in [-0.2, -0.15) is 13.2 Å². The van der Waals surface area contributed by atoms with E-state index in [1.165, 1.54) is 29.1 Å². The molecule has 1 aliphatic heterocycles. The highest BCUT2D eigenvalue weighted by Crippen LogP contribution is 2.29. The number of pyridine rings is 1. The molecular weight excluding hydrogens is 389 g/mol. The summed E-state index contributed by atoms with van der Waals surface area (Å²) in [6.07, 6.45) is -1.84. The van der Waals surface area contributed by atoms with Gasteiger partial charge in [0.2, 0.25) is 11.8 Å². The number of nitrogens with zero attached hydrogens (tertiary/aromatic N) is 4. The number of halogens is 3. The zero-order chi connectivity index (χ0) is 21.0. The maximum absolute atomic E-state index is 12.7. The highest BCUT2D eigenvalue weighted by molar-refractivity contribution is 5.76. The van der Waals surface area contributed by atoms with Crippen LogP contribution in [0, 0.1) is 12.8 Å². The molecule has 0 saturated carbocycles. The largest absolute Gasteiger partial charge is 0.477 e. The molecule has 0 aromatic carbocycles. The van der Waals surface area contributed by atoms with Crippen molar-refractivity contribution in [2.24, 2.45) is 5.92 Å². The summed E-state index contributed by atoms with van der Waals surface area (Å²) in [5, 5.41) is 0. The zero-order valence-electron chi connectivity index (χ0n) is 15.9. The highest BCUT2D eigenvalue weighted by Gasteiger charge is 2.32. The van der Waals surface area contributed by atoms with Crippen LogP contribution in [0.2, 0.25) is 0 Å². The van der Waals surface area contributed by atoms with Crippen molar-refractivity contribution in [3.8, 4) is 5.88 Å². The Bertz CT molecular complexity index is 921. The molecule has 1 amide bonds. The monoisotopic (exact) mass is 410 g/mol. The Hall–Kier alpha value is -2.91. The average Bonchev–Trinajstić information content (AvgIpc) is 2.68. The van der Waals surface area contributed by atoms with Gasteiger partial charge < -0.3 is 9.64 Å². The summed E-state index contributed by atoms with van der Waals surface area (Å²) < 4.78 is 44.8. The lowest BCUT2D eigenvalue weighted by Crippen LogP contribution is -2.42. The average molecular weight is 410 g/mol. The van der Waals surface area contributed by atoms with Crippen LogP contribution in [0.4, 0.5) is 13.2 Å². The predicted octanol–water partition coefficient (Wildman–Crippen LogP) is 2.28. The van der Waals surface area contributed by atoms with E-state index in [0.717, 1.165) is 6.07 Å². The molecule has 0 radical (unpaired) electrons. The fourth-order valence-corrected chi connectivity index (χ4v) is 3.09. The number of amides is 1. The van der Waals surface area contributed by atoms with Crippen molar-refractivity contribution >= 4 is 5.91 Å². The molecule has 3 heterocycles. The molecule has 0 spiro atoms. The van der Waals surface area contributed by atoms with Crippen LogP contribution in [-0.2, 0) is 17.5 Å². The Morgan fingerprint density at radius 1 is 1.28 bits per heavy atom. The number of likely N-dealkylation sites (tertiary alicyclic amines) is 1. The van der Waals surface area contributed by atoms with E-state index in [1.54, 1.807) is 11.8 Å². The van der Waals surface area contributed by atoms with E-state index in [2.05, 4.69) is 9.97 Å². The molecule has 1 aliphatic rings. The molecular formula is C19H21F3N4O3. The summed E-state index contributed by atoms with van der Waals surface area (Å²) in [4.78, 5) is 33.5. The van der Waals surface area contributed by atoms with Crippen molar-refractivity contribution in [3.63, 3.8) is 0 Å². The Labute approximate surface area is 165 Å². The summed E-state index contributed by atoms with van der Waals surface area (Å²) in [7, 11) is 0. The minimum atomic E-state index is -4.51. The minimum absolute atomic E-state index is 0.0652. The molecule has 0 unspecified atom stereocenters. The Morgan fingerprint density at radius 2 is 2.00 bits per heavy atom. The van der Waals surface area contributed by atoms with Gasteiger partial charge in [-0.15, -0.1) is 0 Å². The number of carbonyl (C=O) groups excluding carboxylic acids is 1. The van der Waals surface area contributed by atoms with E-state index >= 15 is 0 Å². The van der Waals surface area contributed by atoms with Gasteiger partial charge in [0.25, 0.3) is 5.56 Å². The molecule has 3 rings (SSSR count). The number of rotatable bonds is 5. The van der Waals surface area contributed by atoms with E-state index in [-0.39, 0.29) is 36.4 Å². The van der Waals surface area contributed by atoms with Gasteiger partial charge >= 0.3 is 6.18 Å². The van der Waals surface area contributed by atoms with Crippen LogP contribution in [0.1, 0.15) is 24.2 Å². The maximum Gasteiger partial charge on any atom is 0.433 e. The molecule has 0 N–H and O–H groups in total. The smallest absolute Gasteiger partial charge is 0.433 e. The molecule has 0 atom stereocenters. The van der Waals surface area contributed by atoms with Gasteiger partial charge in [-0.05, 0) is 31.7 Å². The van der Waals surface area contributed by atoms with Crippen molar-refractivity contribution in [2.75, 3.05) is 19.7 Å². The van der Waals surface area contributed by atoms with Crippen LogP contribution < -0.4 is 10.3 Å².